The van der Waals surface area contributed by atoms with Crippen molar-refractivity contribution < 1.29 is 9.59 Å². The molecule has 2 fully saturated rings. The molecule has 2 amide bonds. The first-order valence-electron chi connectivity index (χ1n) is 8.03. The second-order valence-electron chi connectivity index (χ2n) is 5.88. The second-order valence-corrected chi connectivity index (χ2v) is 5.88. The highest BCUT2D eigenvalue weighted by atomic mass is 16.2. The van der Waals surface area contributed by atoms with E-state index in [0.717, 1.165) is 64.7 Å². The van der Waals surface area contributed by atoms with Gasteiger partial charge < -0.3 is 15.5 Å². The Balaban J connectivity index is 1.60. The summed E-state index contributed by atoms with van der Waals surface area (Å²) < 4.78 is 0. The molecule has 2 aliphatic heterocycles. The molecule has 1 atom stereocenters. The molecule has 0 aromatic rings. The fraction of sp³-hybridized carbons (Fsp3) is 0.867. The van der Waals surface area contributed by atoms with Crippen LogP contribution in [0.5, 0.6) is 0 Å². The summed E-state index contributed by atoms with van der Waals surface area (Å²) in [7, 11) is 0. The van der Waals surface area contributed by atoms with E-state index in [2.05, 4.69) is 10.6 Å². The summed E-state index contributed by atoms with van der Waals surface area (Å²) in [4.78, 5) is 25.7. The van der Waals surface area contributed by atoms with Gasteiger partial charge in [-0.15, -0.1) is 0 Å². The number of piperidine rings is 1. The molecule has 2 saturated heterocycles. The summed E-state index contributed by atoms with van der Waals surface area (Å²) in [5.74, 6) is 0.577. The smallest absolute Gasteiger partial charge is 0.224 e. The Hall–Kier alpha value is -1.10. The lowest BCUT2D eigenvalue weighted by molar-refractivity contribution is -0.130. The van der Waals surface area contributed by atoms with Gasteiger partial charge in [-0.2, -0.15) is 0 Å². The summed E-state index contributed by atoms with van der Waals surface area (Å²) >= 11 is 0. The fourth-order valence-electron chi connectivity index (χ4n) is 2.98. The number of nitrogens with zero attached hydrogens (tertiary/aromatic N) is 1. The third-order valence-electron chi connectivity index (χ3n) is 4.24. The maximum absolute atomic E-state index is 11.9. The molecule has 5 heteroatoms. The molecular formula is C15H27N3O2. The molecule has 0 bridgehead atoms. The largest absolute Gasteiger partial charge is 0.356 e. The summed E-state index contributed by atoms with van der Waals surface area (Å²) in [5, 5.41) is 6.26. The lowest BCUT2D eigenvalue weighted by Gasteiger charge is -2.23. The molecule has 2 heterocycles. The first-order valence-corrected chi connectivity index (χ1v) is 8.03. The van der Waals surface area contributed by atoms with Crippen molar-refractivity contribution in [2.24, 2.45) is 5.92 Å². The molecule has 2 N–H and O–H groups in total. The SMILES string of the molecule is O=C(NCCCN1CCCCCC1=O)C1CCCNC1. The number of rotatable bonds is 5. The normalized spacial score (nSPS) is 24.3. The van der Waals surface area contributed by atoms with Crippen molar-refractivity contribution in [2.75, 3.05) is 32.7 Å². The number of nitrogens with one attached hydrogen (secondary N) is 2. The molecule has 2 aliphatic rings. The van der Waals surface area contributed by atoms with E-state index in [1.165, 1.54) is 0 Å². The number of carbonyl (C=O) groups excluding carboxylic acids is 2. The Morgan fingerprint density at radius 1 is 1.30 bits per heavy atom. The van der Waals surface area contributed by atoms with Crippen LogP contribution in [0.15, 0.2) is 0 Å². The molecule has 20 heavy (non-hydrogen) atoms. The van der Waals surface area contributed by atoms with Crippen molar-refractivity contribution >= 4 is 11.8 Å². The monoisotopic (exact) mass is 281 g/mol. The van der Waals surface area contributed by atoms with Crippen LogP contribution < -0.4 is 10.6 Å². The van der Waals surface area contributed by atoms with Crippen molar-refractivity contribution in [3.8, 4) is 0 Å². The van der Waals surface area contributed by atoms with Gasteiger partial charge in [0.2, 0.25) is 11.8 Å². The topological polar surface area (TPSA) is 61.4 Å². The van der Waals surface area contributed by atoms with Crippen molar-refractivity contribution in [2.45, 2.75) is 44.9 Å². The minimum Gasteiger partial charge on any atom is -0.356 e. The number of amides is 2. The van der Waals surface area contributed by atoms with Gasteiger partial charge in [0.1, 0.15) is 0 Å². The molecule has 2 rings (SSSR count). The predicted octanol–water partition coefficient (Wildman–Crippen LogP) is 0.895. The minimum atomic E-state index is 0.128. The number of hydrogen-bond donors (Lipinski definition) is 2. The molecule has 0 radical (unpaired) electrons. The van der Waals surface area contributed by atoms with E-state index in [4.69, 9.17) is 0 Å². The van der Waals surface area contributed by atoms with Crippen LogP contribution in [0.2, 0.25) is 0 Å². The lowest BCUT2D eigenvalue weighted by Crippen LogP contribution is -2.41. The fourth-order valence-corrected chi connectivity index (χ4v) is 2.98. The third-order valence-corrected chi connectivity index (χ3v) is 4.24. The molecule has 0 aromatic heterocycles. The highest BCUT2D eigenvalue weighted by Gasteiger charge is 2.20. The van der Waals surface area contributed by atoms with Crippen LogP contribution >= 0.6 is 0 Å². The Bertz CT molecular complexity index is 327. The zero-order valence-corrected chi connectivity index (χ0v) is 12.3. The zero-order chi connectivity index (χ0) is 14.2. The quantitative estimate of drug-likeness (QED) is 0.736. The first kappa shape index (κ1) is 15.3. The maximum Gasteiger partial charge on any atom is 0.224 e. The van der Waals surface area contributed by atoms with Gasteiger partial charge in [0.15, 0.2) is 0 Å². The predicted molar refractivity (Wildman–Crippen MR) is 78.3 cm³/mol. The van der Waals surface area contributed by atoms with E-state index in [1.807, 2.05) is 4.90 Å². The highest BCUT2D eigenvalue weighted by molar-refractivity contribution is 5.79. The molecule has 0 aliphatic carbocycles. The Morgan fingerprint density at radius 3 is 3.00 bits per heavy atom. The van der Waals surface area contributed by atoms with E-state index < -0.39 is 0 Å². The van der Waals surface area contributed by atoms with Gasteiger partial charge in [-0.25, -0.2) is 0 Å². The Kier molecular flexibility index (Phi) is 6.30. The summed E-state index contributed by atoms with van der Waals surface area (Å²) in [6, 6.07) is 0. The van der Waals surface area contributed by atoms with Gasteiger partial charge in [0.05, 0.1) is 5.92 Å². The Morgan fingerprint density at radius 2 is 2.20 bits per heavy atom. The van der Waals surface area contributed by atoms with E-state index in [9.17, 15) is 9.59 Å². The average molecular weight is 281 g/mol. The molecule has 0 spiro atoms. The van der Waals surface area contributed by atoms with Crippen molar-refractivity contribution in [3.05, 3.63) is 0 Å². The zero-order valence-electron chi connectivity index (χ0n) is 12.3. The van der Waals surface area contributed by atoms with Crippen LogP contribution in [0.4, 0.5) is 0 Å². The molecule has 0 saturated carbocycles. The first-order chi connectivity index (χ1) is 9.77. The van der Waals surface area contributed by atoms with Gasteiger partial charge in [0, 0.05) is 32.6 Å². The van der Waals surface area contributed by atoms with Gasteiger partial charge in [-0.1, -0.05) is 6.42 Å². The molecule has 114 valence electrons. The molecule has 5 nitrogen and oxygen atoms in total. The van der Waals surface area contributed by atoms with Gasteiger partial charge in [0.25, 0.3) is 0 Å². The molecule has 1 unspecified atom stereocenters. The van der Waals surface area contributed by atoms with Crippen LogP contribution in [0.25, 0.3) is 0 Å². The van der Waals surface area contributed by atoms with Gasteiger partial charge >= 0.3 is 0 Å². The lowest BCUT2D eigenvalue weighted by atomic mass is 9.99. The van der Waals surface area contributed by atoms with Crippen molar-refractivity contribution in [3.63, 3.8) is 0 Å². The highest BCUT2D eigenvalue weighted by Crippen LogP contribution is 2.12. The van der Waals surface area contributed by atoms with E-state index >= 15 is 0 Å². The van der Waals surface area contributed by atoms with Gasteiger partial charge in [-0.05, 0) is 38.6 Å². The number of likely N-dealkylation sites (tertiary alicyclic amines) is 1. The Labute approximate surface area is 121 Å². The van der Waals surface area contributed by atoms with Crippen LogP contribution in [0.1, 0.15) is 44.9 Å². The van der Waals surface area contributed by atoms with E-state index in [1.54, 1.807) is 0 Å². The van der Waals surface area contributed by atoms with Gasteiger partial charge in [-0.3, -0.25) is 9.59 Å². The van der Waals surface area contributed by atoms with Crippen LogP contribution in [0.3, 0.4) is 0 Å². The van der Waals surface area contributed by atoms with Crippen LogP contribution in [0, 0.1) is 5.92 Å². The standard InChI is InChI=1S/C15H27N3O2/c19-14-7-2-1-3-10-18(14)11-5-9-17-15(20)13-6-4-8-16-12-13/h13,16H,1-12H2,(H,17,20). The summed E-state index contributed by atoms with van der Waals surface area (Å²) in [6.07, 6.45) is 6.93. The molecular weight excluding hydrogens is 254 g/mol. The third kappa shape index (κ3) is 4.78. The van der Waals surface area contributed by atoms with E-state index in [0.29, 0.717) is 13.0 Å². The maximum atomic E-state index is 11.9. The average Bonchev–Trinajstić information content (AvgIpc) is 2.69. The summed E-state index contributed by atoms with van der Waals surface area (Å²) in [6.45, 7) is 4.18. The number of carbonyl (C=O) groups is 2. The van der Waals surface area contributed by atoms with Crippen molar-refractivity contribution in [1.29, 1.82) is 0 Å². The molecule has 0 aromatic carbocycles. The number of hydrogen-bond acceptors (Lipinski definition) is 3. The second kappa shape index (κ2) is 8.25. The van der Waals surface area contributed by atoms with Crippen LogP contribution in [-0.2, 0) is 9.59 Å². The summed E-state index contributed by atoms with van der Waals surface area (Å²) in [5.41, 5.74) is 0. The minimum absolute atomic E-state index is 0.128. The van der Waals surface area contributed by atoms with Crippen molar-refractivity contribution in [1.82, 2.24) is 15.5 Å². The van der Waals surface area contributed by atoms with Crippen LogP contribution in [-0.4, -0.2) is 49.4 Å². The van der Waals surface area contributed by atoms with E-state index in [-0.39, 0.29) is 17.7 Å².